The molecular formula is C14H17NO. The third kappa shape index (κ3) is 5.31. The summed E-state index contributed by atoms with van der Waals surface area (Å²) in [7, 11) is 0. The SMILES string of the molecule is N#CCCCCC(=O)CCc1ccccc1. The molecule has 0 radical (unpaired) electrons. The van der Waals surface area contributed by atoms with Crippen LogP contribution in [-0.2, 0) is 11.2 Å². The van der Waals surface area contributed by atoms with E-state index in [4.69, 9.17) is 5.26 Å². The Morgan fingerprint density at radius 2 is 1.88 bits per heavy atom. The van der Waals surface area contributed by atoms with E-state index in [1.165, 1.54) is 5.56 Å². The van der Waals surface area contributed by atoms with E-state index in [0.29, 0.717) is 25.0 Å². The van der Waals surface area contributed by atoms with Gasteiger partial charge in [-0.1, -0.05) is 30.3 Å². The molecule has 0 aliphatic carbocycles. The number of hydrogen-bond donors (Lipinski definition) is 0. The topological polar surface area (TPSA) is 40.9 Å². The van der Waals surface area contributed by atoms with Crippen LogP contribution in [0.3, 0.4) is 0 Å². The molecule has 0 aliphatic heterocycles. The zero-order valence-corrected chi connectivity index (χ0v) is 9.48. The van der Waals surface area contributed by atoms with E-state index in [-0.39, 0.29) is 0 Å². The van der Waals surface area contributed by atoms with E-state index in [1.54, 1.807) is 0 Å². The molecule has 1 aromatic carbocycles. The number of rotatable bonds is 7. The van der Waals surface area contributed by atoms with E-state index >= 15 is 0 Å². The molecule has 0 fully saturated rings. The van der Waals surface area contributed by atoms with Crippen LogP contribution >= 0.6 is 0 Å². The van der Waals surface area contributed by atoms with Crippen LogP contribution in [0.2, 0.25) is 0 Å². The summed E-state index contributed by atoms with van der Waals surface area (Å²) in [5, 5.41) is 8.35. The summed E-state index contributed by atoms with van der Waals surface area (Å²) in [6.45, 7) is 0. The predicted octanol–water partition coefficient (Wildman–Crippen LogP) is 3.27. The number of hydrogen-bond acceptors (Lipinski definition) is 2. The standard InChI is InChI=1S/C14H17NO/c15-12-6-2-5-9-14(16)11-10-13-7-3-1-4-8-13/h1,3-4,7-8H,2,5-6,9-11H2. The molecule has 0 N–H and O–H groups in total. The second-order valence-corrected chi connectivity index (χ2v) is 3.89. The maximum Gasteiger partial charge on any atom is 0.133 e. The Kier molecular flexibility index (Phi) is 5.95. The first-order chi connectivity index (χ1) is 7.83. The maximum atomic E-state index is 11.5. The number of aryl methyl sites for hydroxylation is 1. The normalized spacial score (nSPS) is 9.69. The average Bonchev–Trinajstić information content (AvgIpc) is 2.33. The lowest BCUT2D eigenvalue weighted by atomic mass is 10.0. The van der Waals surface area contributed by atoms with Gasteiger partial charge in [-0.3, -0.25) is 4.79 Å². The molecule has 1 aromatic rings. The Balaban J connectivity index is 2.14. The lowest BCUT2D eigenvalue weighted by molar-refractivity contribution is -0.119. The number of Topliss-reactive ketones (excluding diaryl/α,β-unsaturated/α-hetero) is 1. The summed E-state index contributed by atoms with van der Waals surface area (Å²) < 4.78 is 0. The minimum Gasteiger partial charge on any atom is -0.300 e. The molecule has 2 nitrogen and oxygen atoms in total. The number of benzene rings is 1. The second-order valence-electron chi connectivity index (χ2n) is 3.89. The van der Waals surface area contributed by atoms with Gasteiger partial charge in [0.15, 0.2) is 0 Å². The van der Waals surface area contributed by atoms with Gasteiger partial charge in [-0.05, 0) is 24.8 Å². The monoisotopic (exact) mass is 215 g/mol. The number of unbranched alkanes of at least 4 members (excludes halogenated alkanes) is 2. The van der Waals surface area contributed by atoms with Gasteiger partial charge in [-0.25, -0.2) is 0 Å². The van der Waals surface area contributed by atoms with E-state index in [2.05, 4.69) is 6.07 Å². The van der Waals surface area contributed by atoms with Crippen LogP contribution in [0.25, 0.3) is 0 Å². The van der Waals surface area contributed by atoms with Crippen LogP contribution < -0.4 is 0 Å². The third-order valence-electron chi connectivity index (χ3n) is 2.53. The van der Waals surface area contributed by atoms with Crippen LogP contribution in [0.5, 0.6) is 0 Å². The first-order valence-corrected chi connectivity index (χ1v) is 5.75. The van der Waals surface area contributed by atoms with Crippen molar-refractivity contribution >= 4 is 5.78 Å². The molecule has 0 amide bonds. The second kappa shape index (κ2) is 7.64. The third-order valence-corrected chi connectivity index (χ3v) is 2.53. The summed E-state index contributed by atoms with van der Waals surface area (Å²) in [6, 6.07) is 12.1. The quantitative estimate of drug-likeness (QED) is 0.655. The van der Waals surface area contributed by atoms with Crippen LogP contribution in [0.1, 0.15) is 37.7 Å². The lowest BCUT2D eigenvalue weighted by Gasteiger charge is -2.00. The van der Waals surface area contributed by atoms with Crippen molar-refractivity contribution in [3.05, 3.63) is 35.9 Å². The van der Waals surface area contributed by atoms with Crippen LogP contribution in [0.4, 0.5) is 0 Å². The van der Waals surface area contributed by atoms with Gasteiger partial charge in [0.25, 0.3) is 0 Å². The van der Waals surface area contributed by atoms with Crippen molar-refractivity contribution in [1.29, 1.82) is 5.26 Å². The molecule has 0 aromatic heterocycles. The molecular weight excluding hydrogens is 198 g/mol. The van der Waals surface area contributed by atoms with Gasteiger partial charge in [0.2, 0.25) is 0 Å². The number of ketones is 1. The summed E-state index contributed by atoms with van der Waals surface area (Å²) in [5.41, 5.74) is 1.22. The van der Waals surface area contributed by atoms with Crippen LogP contribution in [-0.4, -0.2) is 5.78 Å². The van der Waals surface area contributed by atoms with Crippen molar-refractivity contribution in [1.82, 2.24) is 0 Å². The van der Waals surface area contributed by atoms with E-state index in [9.17, 15) is 4.79 Å². The van der Waals surface area contributed by atoms with Gasteiger partial charge in [0.05, 0.1) is 6.07 Å². The summed E-state index contributed by atoms with van der Waals surface area (Å²) in [5.74, 6) is 0.307. The zero-order valence-electron chi connectivity index (χ0n) is 9.48. The van der Waals surface area contributed by atoms with Gasteiger partial charge < -0.3 is 0 Å². The van der Waals surface area contributed by atoms with Crippen molar-refractivity contribution in [3.8, 4) is 6.07 Å². The van der Waals surface area contributed by atoms with Crippen molar-refractivity contribution < 1.29 is 4.79 Å². The van der Waals surface area contributed by atoms with Gasteiger partial charge in [-0.15, -0.1) is 0 Å². The molecule has 0 spiro atoms. The van der Waals surface area contributed by atoms with E-state index < -0.39 is 0 Å². The number of nitriles is 1. The van der Waals surface area contributed by atoms with E-state index in [0.717, 1.165) is 19.3 Å². The highest BCUT2D eigenvalue weighted by Crippen LogP contribution is 2.06. The average molecular weight is 215 g/mol. The van der Waals surface area contributed by atoms with Crippen molar-refractivity contribution in [2.45, 2.75) is 38.5 Å². The summed E-state index contributed by atoms with van der Waals surface area (Å²) in [4.78, 5) is 11.5. The molecule has 0 heterocycles. The van der Waals surface area contributed by atoms with Gasteiger partial charge in [-0.2, -0.15) is 5.26 Å². The van der Waals surface area contributed by atoms with Gasteiger partial charge in [0, 0.05) is 19.3 Å². The molecule has 0 saturated heterocycles. The Morgan fingerprint density at radius 3 is 2.56 bits per heavy atom. The Morgan fingerprint density at radius 1 is 1.12 bits per heavy atom. The summed E-state index contributed by atoms with van der Waals surface area (Å²) in [6.07, 6.45) is 4.32. The highest BCUT2D eigenvalue weighted by Gasteiger charge is 2.02. The largest absolute Gasteiger partial charge is 0.300 e. The fraction of sp³-hybridized carbons (Fsp3) is 0.429. The maximum absolute atomic E-state index is 11.5. The highest BCUT2D eigenvalue weighted by atomic mass is 16.1. The smallest absolute Gasteiger partial charge is 0.133 e. The fourth-order valence-corrected chi connectivity index (χ4v) is 1.58. The molecule has 0 saturated carbocycles. The van der Waals surface area contributed by atoms with Crippen molar-refractivity contribution in [3.63, 3.8) is 0 Å². The fourth-order valence-electron chi connectivity index (χ4n) is 1.58. The molecule has 84 valence electrons. The lowest BCUT2D eigenvalue weighted by Crippen LogP contribution is -1.99. The first-order valence-electron chi connectivity index (χ1n) is 5.75. The first kappa shape index (κ1) is 12.4. The molecule has 0 bridgehead atoms. The highest BCUT2D eigenvalue weighted by molar-refractivity contribution is 5.78. The van der Waals surface area contributed by atoms with Gasteiger partial charge >= 0.3 is 0 Å². The zero-order chi connectivity index (χ0) is 11.6. The molecule has 0 atom stereocenters. The van der Waals surface area contributed by atoms with E-state index in [1.807, 2.05) is 30.3 Å². The minimum atomic E-state index is 0.307. The number of carbonyl (C=O) groups excluding carboxylic acids is 1. The Labute approximate surface area is 96.9 Å². The van der Waals surface area contributed by atoms with Crippen LogP contribution in [0.15, 0.2) is 30.3 Å². The Hall–Kier alpha value is -1.62. The van der Waals surface area contributed by atoms with Crippen molar-refractivity contribution in [2.75, 3.05) is 0 Å². The molecule has 2 heteroatoms. The number of nitrogens with zero attached hydrogens (tertiary/aromatic N) is 1. The minimum absolute atomic E-state index is 0.307. The Bertz CT molecular complexity index is 351. The molecule has 16 heavy (non-hydrogen) atoms. The molecule has 0 unspecified atom stereocenters. The van der Waals surface area contributed by atoms with Crippen molar-refractivity contribution in [2.24, 2.45) is 0 Å². The molecule has 1 rings (SSSR count). The molecule has 0 aliphatic rings. The van der Waals surface area contributed by atoms with Crippen LogP contribution in [0, 0.1) is 11.3 Å². The summed E-state index contributed by atoms with van der Waals surface area (Å²) >= 11 is 0. The predicted molar refractivity (Wildman–Crippen MR) is 63.9 cm³/mol. The number of carbonyl (C=O) groups is 1. The van der Waals surface area contributed by atoms with Gasteiger partial charge in [0.1, 0.15) is 5.78 Å².